The number of rotatable bonds is 7. The van der Waals surface area contributed by atoms with Gasteiger partial charge in [-0.2, -0.15) is 0 Å². The van der Waals surface area contributed by atoms with E-state index in [1.54, 1.807) is 7.11 Å². The van der Waals surface area contributed by atoms with Gasteiger partial charge in [0, 0.05) is 31.7 Å². The standard InChI is InChI=1S/C24H31N3O2/c1-29-23-7-6-20(15-22(23)14-18-8-10-25-16-18)24(28)26-11-13-27-12-9-19-4-2-3-5-21(19)17-27/h2-7,15,18,25H,8-14,16-17H2,1H3,(H,26,28). The Hall–Kier alpha value is -2.37. The molecule has 29 heavy (non-hydrogen) atoms. The van der Waals surface area contributed by atoms with E-state index in [0.29, 0.717) is 12.5 Å². The van der Waals surface area contributed by atoms with Crippen LogP contribution in [0.25, 0.3) is 0 Å². The molecular formula is C24H31N3O2. The van der Waals surface area contributed by atoms with Crippen LogP contribution in [-0.4, -0.2) is 50.6 Å². The molecule has 2 aliphatic heterocycles. The first-order chi connectivity index (χ1) is 14.2. The van der Waals surface area contributed by atoms with Crippen LogP contribution in [0.15, 0.2) is 42.5 Å². The Morgan fingerprint density at radius 2 is 2.10 bits per heavy atom. The monoisotopic (exact) mass is 393 g/mol. The van der Waals surface area contributed by atoms with Crippen LogP contribution >= 0.6 is 0 Å². The fraction of sp³-hybridized carbons (Fsp3) is 0.458. The van der Waals surface area contributed by atoms with E-state index in [0.717, 1.165) is 62.4 Å². The number of carbonyl (C=O) groups excluding carboxylic acids is 1. The van der Waals surface area contributed by atoms with E-state index in [-0.39, 0.29) is 5.91 Å². The smallest absolute Gasteiger partial charge is 0.251 e. The van der Waals surface area contributed by atoms with Crippen LogP contribution < -0.4 is 15.4 Å². The largest absolute Gasteiger partial charge is 0.496 e. The maximum absolute atomic E-state index is 12.7. The molecule has 1 atom stereocenters. The Bertz CT molecular complexity index is 846. The fourth-order valence-electron chi connectivity index (χ4n) is 4.45. The Morgan fingerprint density at radius 1 is 1.24 bits per heavy atom. The zero-order valence-corrected chi connectivity index (χ0v) is 17.2. The Kier molecular flexibility index (Phi) is 6.47. The molecule has 1 unspecified atom stereocenters. The van der Waals surface area contributed by atoms with Crippen LogP contribution in [0.3, 0.4) is 0 Å². The summed E-state index contributed by atoms with van der Waals surface area (Å²) in [4.78, 5) is 15.1. The number of amides is 1. The number of carbonyl (C=O) groups is 1. The van der Waals surface area contributed by atoms with Crippen LogP contribution in [0.4, 0.5) is 0 Å². The van der Waals surface area contributed by atoms with Crippen molar-refractivity contribution in [3.05, 3.63) is 64.7 Å². The molecule has 0 bridgehead atoms. The second-order valence-corrected chi connectivity index (χ2v) is 8.14. The molecule has 1 amide bonds. The van der Waals surface area contributed by atoms with E-state index in [9.17, 15) is 4.79 Å². The number of hydrogen-bond donors (Lipinski definition) is 2. The molecule has 0 radical (unpaired) electrons. The van der Waals surface area contributed by atoms with Gasteiger partial charge in [0.25, 0.3) is 5.91 Å². The van der Waals surface area contributed by atoms with Crippen LogP contribution in [0.2, 0.25) is 0 Å². The lowest BCUT2D eigenvalue weighted by Gasteiger charge is -2.28. The minimum absolute atomic E-state index is 0.00383. The zero-order chi connectivity index (χ0) is 20.1. The molecule has 2 aliphatic rings. The van der Waals surface area contributed by atoms with Crippen LogP contribution in [-0.2, 0) is 19.4 Å². The third-order valence-corrected chi connectivity index (χ3v) is 6.14. The van der Waals surface area contributed by atoms with Gasteiger partial charge in [0.15, 0.2) is 0 Å². The number of ether oxygens (including phenoxy) is 1. The number of fused-ring (bicyclic) bond motifs is 1. The summed E-state index contributed by atoms with van der Waals surface area (Å²) in [6, 6.07) is 14.4. The zero-order valence-electron chi connectivity index (χ0n) is 17.2. The van der Waals surface area contributed by atoms with Gasteiger partial charge in [-0.15, -0.1) is 0 Å². The number of nitrogens with zero attached hydrogens (tertiary/aromatic N) is 1. The molecule has 2 aromatic carbocycles. The lowest BCUT2D eigenvalue weighted by Crippen LogP contribution is -2.37. The minimum atomic E-state index is -0.00383. The van der Waals surface area contributed by atoms with Crippen molar-refractivity contribution in [3.63, 3.8) is 0 Å². The highest BCUT2D eigenvalue weighted by Crippen LogP contribution is 2.25. The summed E-state index contributed by atoms with van der Waals surface area (Å²) in [5.41, 5.74) is 4.71. The first-order valence-corrected chi connectivity index (χ1v) is 10.7. The van der Waals surface area contributed by atoms with Gasteiger partial charge in [-0.3, -0.25) is 9.69 Å². The molecular weight excluding hydrogens is 362 g/mol. The molecule has 2 aromatic rings. The first-order valence-electron chi connectivity index (χ1n) is 10.7. The van der Waals surface area contributed by atoms with E-state index in [4.69, 9.17) is 4.74 Å². The van der Waals surface area contributed by atoms with Crippen molar-refractivity contribution in [1.82, 2.24) is 15.5 Å². The fourth-order valence-corrected chi connectivity index (χ4v) is 4.45. The predicted molar refractivity (Wildman–Crippen MR) is 115 cm³/mol. The SMILES string of the molecule is COc1ccc(C(=O)NCCN2CCc3ccccc3C2)cc1CC1CCNC1. The lowest BCUT2D eigenvalue weighted by atomic mass is 9.96. The summed E-state index contributed by atoms with van der Waals surface area (Å²) < 4.78 is 5.52. The second kappa shape index (κ2) is 9.42. The highest BCUT2D eigenvalue weighted by Gasteiger charge is 2.19. The average Bonchev–Trinajstić information content (AvgIpc) is 3.26. The summed E-state index contributed by atoms with van der Waals surface area (Å²) in [5, 5.41) is 6.50. The molecule has 1 fully saturated rings. The Morgan fingerprint density at radius 3 is 2.90 bits per heavy atom. The third-order valence-electron chi connectivity index (χ3n) is 6.14. The average molecular weight is 394 g/mol. The molecule has 5 heteroatoms. The van der Waals surface area contributed by atoms with Crippen molar-refractivity contribution >= 4 is 5.91 Å². The highest BCUT2D eigenvalue weighted by atomic mass is 16.5. The Balaban J connectivity index is 1.31. The Labute approximate surface area is 173 Å². The van der Waals surface area contributed by atoms with E-state index in [1.165, 1.54) is 17.5 Å². The van der Waals surface area contributed by atoms with Gasteiger partial charge in [-0.05, 0) is 73.2 Å². The van der Waals surface area contributed by atoms with Crippen molar-refractivity contribution in [2.75, 3.05) is 39.8 Å². The molecule has 0 aliphatic carbocycles. The van der Waals surface area contributed by atoms with Crippen molar-refractivity contribution in [1.29, 1.82) is 0 Å². The van der Waals surface area contributed by atoms with Crippen molar-refractivity contribution < 1.29 is 9.53 Å². The van der Waals surface area contributed by atoms with Gasteiger partial charge in [-0.25, -0.2) is 0 Å². The van der Waals surface area contributed by atoms with E-state index in [2.05, 4.69) is 39.8 Å². The van der Waals surface area contributed by atoms with Crippen LogP contribution in [0.1, 0.15) is 33.5 Å². The summed E-state index contributed by atoms with van der Waals surface area (Å²) in [5.74, 6) is 1.49. The normalized spacial score (nSPS) is 19.0. The summed E-state index contributed by atoms with van der Waals surface area (Å²) in [6.45, 7) is 5.67. The van der Waals surface area contributed by atoms with Gasteiger partial charge in [-0.1, -0.05) is 24.3 Å². The molecule has 0 saturated carbocycles. The van der Waals surface area contributed by atoms with Gasteiger partial charge < -0.3 is 15.4 Å². The van der Waals surface area contributed by atoms with E-state index < -0.39 is 0 Å². The highest BCUT2D eigenvalue weighted by molar-refractivity contribution is 5.94. The number of hydrogen-bond acceptors (Lipinski definition) is 4. The van der Waals surface area contributed by atoms with Gasteiger partial charge in [0.05, 0.1) is 7.11 Å². The molecule has 154 valence electrons. The van der Waals surface area contributed by atoms with E-state index >= 15 is 0 Å². The molecule has 0 spiro atoms. The molecule has 4 rings (SSSR count). The summed E-state index contributed by atoms with van der Waals surface area (Å²) in [7, 11) is 1.70. The van der Waals surface area contributed by atoms with Crippen molar-refractivity contribution in [2.24, 2.45) is 5.92 Å². The van der Waals surface area contributed by atoms with Crippen LogP contribution in [0.5, 0.6) is 5.75 Å². The number of nitrogens with one attached hydrogen (secondary N) is 2. The van der Waals surface area contributed by atoms with Crippen LogP contribution in [0, 0.1) is 5.92 Å². The lowest BCUT2D eigenvalue weighted by molar-refractivity contribution is 0.0947. The molecule has 0 aromatic heterocycles. The van der Waals surface area contributed by atoms with Crippen molar-refractivity contribution in [2.45, 2.75) is 25.8 Å². The van der Waals surface area contributed by atoms with Gasteiger partial charge in [0.2, 0.25) is 0 Å². The maximum atomic E-state index is 12.7. The molecule has 2 heterocycles. The molecule has 2 N–H and O–H groups in total. The summed E-state index contributed by atoms with van der Waals surface area (Å²) in [6.07, 6.45) is 3.21. The quantitative estimate of drug-likeness (QED) is 0.759. The third kappa shape index (κ3) is 4.98. The second-order valence-electron chi connectivity index (χ2n) is 8.14. The topological polar surface area (TPSA) is 53.6 Å². The minimum Gasteiger partial charge on any atom is -0.496 e. The van der Waals surface area contributed by atoms with Crippen molar-refractivity contribution in [3.8, 4) is 5.75 Å². The van der Waals surface area contributed by atoms with Gasteiger partial charge in [0.1, 0.15) is 5.75 Å². The van der Waals surface area contributed by atoms with Gasteiger partial charge >= 0.3 is 0 Å². The van der Waals surface area contributed by atoms with E-state index in [1.807, 2.05) is 18.2 Å². The first kappa shape index (κ1) is 19.9. The molecule has 5 nitrogen and oxygen atoms in total. The molecule has 1 saturated heterocycles. The number of methoxy groups -OCH3 is 1. The predicted octanol–water partition coefficient (Wildman–Crippen LogP) is 2.64. The maximum Gasteiger partial charge on any atom is 0.251 e. The number of benzene rings is 2. The summed E-state index contributed by atoms with van der Waals surface area (Å²) >= 11 is 0.